The molecule has 5 nitrogen and oxygen atoms in total. The van der Waals surface area contributed by atoms with E-state index in [1.54, 1.807) is 7.11 Å². The maximum Gasteiger partial charge on any atom is 0.334 e. The summed E-state index contributed by atoms with van der Waals surface area (Å²) in [5.74, 6) is -0.252. The Morgan fingerprint density at radius 1 is 1.47 bits per heavy atom. The number of rotatable bonds is 7. The first-order valence-corrected chi connectivity index (χ1v) is 6.23. The molecule has 1 aliphatic heterocycles. The number of likely N-dealkylation sites (tertiary alicyclic amines) is 1. The molecule has 1 aliphatic rings. The summed E-state index contributed by atoms with van der Waals surface area (Å²) in [4.78, 5) is 13.1. The Balaban J connectivity index is 2.30. The van der Waals surface area contributed by atoms with Crippen LogP contribution < -0.4 is 0 Å². The zero-order valence-electron chi connectivity index (χ0n) is 10.7. The van der Waals surface area contributed by atoms with E-state index in [0.717, 1.165) is 32.5 Å². The SMILES string of the molecule is CCOC(CN1CCC(COC)CC1)C(=O)O. The molecule has 0 aliphatic carbocycles. The average molecular weight is 245 g/mol. The molecule has 0 aromatic rings. The highest BCUT2D eigenvalue weighted by Gasteiger charge is 2.25. The Morgan fingerprint density at radius 2 is 2.12 bits per heavy atom. The van der Waals surface area contributed by atoms with Gasteiger partial charge in [0.1, 0.15) is 0 Å². The van der Waals surface area contributed by atoms with Gasteiger partial charge in [0.15, 0.2) is 6.10 Å². The predicted octanol–water partition coefficient (Wildman–Crippen LogP) is 0.835. The third kappa shape index (κ3) is 5.02. The molecule has 1 fully saturated rings. The molecular formula is C12H23NO4. The van der Waals surface area contributed by atoms with Gasteiger partial charge >= 0.3 is 5.97 Å². The topological polar surface area (TPSA) is 59.0 Å². The fraction of sp³-hybridized carbons (Fsp3) is 0.917. The van der Waals surface area contributed by atoms with Crippen molar-refractivity contribution in [3.8, 4) is 0 Å². The van der Waals surface area contributed by atoms with Gasteiger partial charge in [0.2, 0.25) is 0 Å². The third-order valence-corrected chi connectivity index (χ3v) is 3.18. The van der Waals surface area contributed by atoms with Crippen LogP contribution in [0.15, 0.2) is 0 Å². The van der Waals surface area contributed by atoms with E-state index >= 15 is 0 Å². The maximum atomic E-state index is 11.0. The van der Waals surface area contributed by atoms with Crippen molar-refractivity contribution in [2.75, 3.05) is 40.0 Å². The standard InChI is InChI=1S/C12H23NO4/c1-3-17-11(12(14)15)8-13-6-4-10(5-7-13)9-16-2/h10-11H,3-9H2,1-2H3,(H,14,15). The number of aliphatic carboxylic acids is 1. The number of ether oxygens (including phenoxy) is 2. The first-order chi connectivity index (χ1) is 8.17. The van der Waals surface area contributed by atoms with Crippen LogP contribution >= 0.6 is 0 Å². The zero-order chi connectivity index (χ0) is 12.7. The fourth-order valence-electron chi connectivity index (χ4n) is 2.21. The molecular weight excluding hydrogens is 222 g/mol. The molecule has 0 spiro atoms. The molecule has 1 atom stereocenters. The van der Waals surface area contributed by atoms with Crippen LogP contribution in [0.1, 0.15) is 19.8 Å². The molecule has 1 unspecified atom stereocenters. The van der Waals surface area contributed by atoms with Crippen LogP contribution in [-0.2, 0) is 14.3 Å². The molecule has 1 rings (SSSR count). The second-order valence-electron chi connectivity index (χ2n) is 4.48. The first-order valence-electron chi connectivity index (χ1n) is 6.23. The van der Waals surface area contributed by atoms with E-state index in [4.69, 9.17) is 14.6 Å². The minimum absolute atomic E-state index is 0.442. The molecule has 0 saturated carbocycles. The Labute approximate surface area is 103 Å². The van der Waals surface area contributed by atoms with Gasteiger partial charge in [0.25, 0.3) is 0 Å². The molecule has 0 radical (unpaired) electrons. The van der Waals surface area contributed by atoms with Crippen molar-refractivity contribution >= 4 is 5.97 Å². The Bertz CT molecular complexity index is 227. The molecule has 0 aromatic heterocycles. The Morgan fingerprint density at radius 3 is 2.59 bits per heavy atom. The normalized spacial score (nSPS) is 20.4. The molecule has 0 amide bonds. The quantitative estimate of drug-likeness (QED) is 0.720. The molecule has 1 saturated heterocycles. The summed E-state index contributed by atoms with van der Waals surface area (Å²) in [7, 11) is 1.72. The van der Waals surface area contributed by atoms with Crippen LogP contribution in [0, 0.1) is 5.92 Å². The average Bonchev–Trinajstić information content (AvgIpc) is 2.31. The van der Waals surface area contributed by atoms with E-state index in [0.29, 0.717) is 19.1 Å². The van der Waals surface area contributed by atoms with Gasteiger partial charge in [-0.1, -0.05) is 0 Å². The highest BCUT2D eigenvalue weighted by molar-refractivity contribution is 5.72. The highest BCUT2D eigenvalue weighted by atomic mass is 16.5. The second kappa shape index (κ2) is 7.63. The van der Waals surface area contributed by atoms with Crippen molar-refractivity contribution in [2.24, 2.45) is 5.92 Å². The lowest BCUT2D eigenvalue weighted by Crippen LogP contribution is -2.43. The van der Waals surface area contributed by atoms with Gasteiger partial charge < -0.3 is 19.5 Å². The first kappa shape index (κ1) is 14.4. The number of hydrogen-bond acceptors (Lipinski definition) is 4. The summed E-state index contributed by atoms with van der Waals surface area (Å²) in [6.07, 6.45) is 1.46. The number of hydrogen-bond donors (Lipinski definition) is 1. The summed E-state index contributed by atoms with van der Waals surface area (Å²) in [5.41, 5.74) is 0. The van der Waals surface area contributed by atoms with Crippen LogP contribution in [0.5, 0.6) is 0 Å². The van der Waals surface area contributed by atoms with Crippen LogP contribution in [0.2, 0.25) is 0 Å². The number of piperidine rings is 1. The summed E-state index contributed by atoms with van der Waals surface area (Å²) in [6.45, 7) is 5.43. The Hall–Kier alpha value is -0.650. The van der Waals surface area contributed by atoms with Gasteiger partial charge in [0.05, 0.1) is 0 Å². The maximum absolute atomic E-state index is 11.0. The van der Waals surface area contributed by atoms with E-state index in [-0.39, 0.29) is 0 Å². The van der Waals surface area contributed by atoms with Crippen molar-refractivity contribution < 1.29 is 19.4 Å². The molecule has 0 bridgehead atoms. The molecule has 1 N–H and O–H groups in total. The molecule has 0 aromatic carbocycles. The lowest BCUT2D eigenvalue weighted by atomic mass is 9.97. The van der Waals surface area contributed by atoms with Gasteiger partial charge in [-0.25, -0.2) is 4.79 Å². The largest absolute Gasteiger partial charge is 0.479 e. The van der Waals surface area contributed by atoms with Crippen LogP contribution in [0.25, 0.3) is 0 Å². The van der Waals surface area contributed by atoms with Gasteiger partial charge in [-0.15, -0.1) is 0 Å². The van der Waals surface area contributed by atoms with Crippen molar-refractivity contribution in [3.05, 3.63) is 0 Å². The molecule has 5 heteroatoms. The van der Waals surface area contributed by atoms with Crippen LogP contribution in [-0.4, -0.2) is 62.0 Å². The summed E-state index contributed by atoms with van der Waals surface area (Å²) < 4.78 is 10.4. The van der Waals surface area contributed by atoms with E-state index in [1.807, 2.05) is 6.92 Å². The monoisotopic (exact) mass is 245 g/mol. The van der Waals surface area contributed by atoms with E-state index in [9.17, 15) is 4.79 Å². The van der Waals surface area contributed by atoms with Gasteiger partial charge in [0, 0.05) is 26.9 Å². The van der Waals surface area contributed by atoms with E-state index in [2.05, 4.69) is 4.90 Å². The highest BCUT2D eigenvalue weighted by Crippen LogP contribution is 2.17. The van der Waals surface area contributed by atoms with Gasteiger partial charge in [-0.05, 0) is 38.8 Å². The number of carbonyl (C=O) groups is 1. The zero-order valence-corrected chi connectivity index (χ0v) is 10.7. The smallest absolute Gasteiger partial charge is 0.334 e. The van der Waals surface area contributed by atoms with Gasteiger partial charge in [-0.3, -0.25) is 0 Å². The van der Waals surface area contributed by atoms with Crippen molar-refractivity contribution in [1.29, 1.82) is 0 Å². The Kier molecular flexibility index (Phi) is 6.47. The molecule has 100 valence electrons. The summed E-state index contributed by atoms with van der Waals surface area (Å²) in [5, 5.41) is 9.00. The lowest BCUT2D eigenvalue weighted by molar-refractivity contribution is -0.151. The summed E-state index contributed by atoms with van der Waals surface area (Å²) in [6, 6.07) is 0. The molecule has 1 heterocycles. The predicted molar refractivity (Wildman–Crippen MR) is 64.1 cm³/mol. The minimum Gasteiger partial charge on any atom is -0.479 e. The van der Waals surface area contributed by atoms with Crippen molar-refractivity contribution in [1.82, 2.24) is 4.90 Å². The lowest BCUT2D eigenvalue weighted by Gasteiger charge is -2.32. The molecule has 17 heavy (non-hydrogen) atoms. The number of nitrogens with zero attached hydrogens (tertiary/aromatic N) is 1. The minimum atomic E-state index is -0.870. The van der Waals surface area contributed by atoms with E-state index < -0.39 is 12.1 Å². The van der Waals surface area contributed by atoms with Crippen LogP contribution in [0.4, 0.5) is 0 Å². The number of carboxylic acid groups (broad SMARTS) is 1. The van der Waals surface area contributed by atoms with Crippen molar-refractivity contribution in [2.45, 2.75) is 25.9 Å². The second-order valence-corrected chi connectivity index (χ2v) is 4.48. The number of carboxylic acids is 1. The fourth-order valence-corrected chi connectivity index (χ4v) is 2.21. The number of methoxy groups -OCH3 is 1. The third-order valence-electron chi connectivity index (χ3n) is 3.18. The van der Waals surface area contributed by atoms with Crippen molar-refractivity contribution in [3.63, 3.8) is 0 Å². The van der Waals surface area contributed by atoms with Crippen LogP contribution in [0.3, 0.4) is 0 Å². The van der Waals surface area contributed by atoms with E-state index in [1.165, 1.54) is 0 Å². The van der Waals surface area contributed by atoms with Gasteiger partial charge in [-0.2, -0.15) is 0 Å². The summed E-state index contributed by atoms with van der Waals surface area (Å²) >= 11 is 0.